The standard InChI is InChI=1S/C16H20ClN3O/c1-10(2)15-19-14(17)11(3)16(20-15)18-8-12-4-6-13(9-21)7-5-12/h4-7,10,21H,8-9H2,1-3H3,(H,18,19,20). The van der Waals surface area contributed by atoms with E-state index in [1.165, 1.54) is 0 Å². The second kappa shape index (κ2) is 6.87. The van der Waals surface area contributed by atoms with Crippen LogP contribution in [0.15, 0.2) is 24.3 Å². The number of benzene rings is 1. The van der Waals surface area contributed by atoms with Gasteiger partial charge in [-0.05, 0) is 18.1 Å². The maximum absolute atomic E-state index is 9.04. The summed E-state index contributed by atoms with van der Waals surface area (Å²) >= 11 is 6.17. The third kappa shape index (κ3) is 3.93. The molecule has 0 spiro atoms. The zero-order chi connectivity index (χ0) is 15.4. The van der Waals surface area contributed by atoms with Crippen LogP contribution in [0.4, 0.5) is 5.82 Å². The molecule has 0 saturated carbocycles. The van der Waals surface area contributed by atoms with Gasteiger partial charge in [-0.3, -0.25) is 0 Å². The maximum Gasteiger partial charge on any atom is 0.137 e. The van der Waals surface area contributed by atoms with Gasteiger partial charge < -0.3 is 10.4 Å². The van der Waals surface area contributed by atoms with Crippen molar-refractivity contribution in [1.82, 2.24) is 9.97 Å². The smallest absolute Gasteiger partial charge is 0.137 e. The molecule has 2 N–H and O–H groups in total. The normalized spacial score (nSPS) is 11.0. The molecule has 0 aliphatic carbocycles. The van der Waals surface area contributed by atoms with E-state index in [0.717, 1.165) is 28.3 Å². The monoisotopic (exact) mass is 305 g/mol. The molecule has 0 atom stereocenters. The van der Waals surface area contributed by atoms with Crippen molar-refractivity contribution in [2.24, 2.45) is 0 Å². The van der Waals surface area contributed by atoms with E-state index in [0.29, 0.717) is 11.7 Å². The number of nitrogens with one attached hydrogen (secondary N) is 1. The fourth-order valence-corrected chi connectivity index (χ4v) is 2.06. The van der Waals surface area contributed by atoms with Gasteiger partial charge in [0.2, 0.25) is 0 Å². The molecule has 0 bridgehead atoms. The van der Waals surface area contributed by atoms with Gasteiger partial charge in [0.25, 0.3) is 0 Å². The van der Waals surface area contributed by atoms with E-state index in [4.69, 9.17) is 16.7 Å². The molecule has 2 rings (SSSR count). The molecule has 5 heteroatoms. The van der Waals surface area contributed by atoms with Crippen LogP contribution in [0.2, 0.25) is 5.15 Å². The molecule has 21 heavy (non-hydrogen) atoms. The van der Waals surface area contributed by atoms with Crippen LogP contribution in [0.25, 0.3) is 0 Å². The van der Waals surface area contributed by atoms with Crippen LogP contribution in [-0.4, -0.2) is 15.1 Å². The number of aliphatic hydroxyl groups is 1. The highest BCUT2D eigenvalue weighted by molar-refractivity contribution is 6.30. The first-order valence-corrected chi connectivity index (χ1v) is 7.35. The summed E-state index contributed by atoms with van der Waals surface area (Å²) in [6.07, 6.45) is 0. The second-order valence-electron chi connectivity index (χ2n) is 5.33. The van der Waals surface area contributed by atoms with Crippen molar-refractivity contribution in [3.8, 4) is 0 Å². The van der Waals surface area contributed by atoms with Gasteiger partial charge in [-0.15, -0.1) is 0 Å². The Kier molecular flexibility index (Phi) is 5.15. The first-order chi connectivity index (χ1) is 10.0. The molecule has 4 nitrogen and oxygen atoms in total. The predicted octanol–water partition coefficient (Wildman–Crippen LogP) is 3.67. The summed E-state index contributed by atoms with van der Waals surface area (Å²) < 4.78 is 0. The predicted molar refractivity (Wildman–Crippen MR) is 85.6 cm³/mol. The van der Waals surface area contributed by atoms with E-state index >= 15 is 0 Å². The van der Waals surface area contributed by atoms with Crippen LogP contribution in [0.1, 0.15) is 42.3 Å². The Morgan fingerprint density at radius 3 is 2.33 bits per heavy atom. The number of halogens is 1. The Morgan fingerprint density at radius 1 is 1.14 bits per heavy atom. The summed E-state index contributed by atoms with van der Waals surface area (Å²) in [5.74, 6) is 1.74. The van der Waals surface area contributed by atoms with E-state index < -0.39 is 0 Å². The lowest BCUT2D eigenvalue weighted by Crippen LogP contribution is -2.08. The quantitative estimate of drug-likeness (QED) is 0.828. The van der Waals surface area contributed by atoms with Crippen LogP contribution in [0.5, 0.6) is 0 Å². The highest BCUT2D eigenvalue weighted by Gasteiger charge is 2.11. The average Bonchev–Trinajstić information content (AvgIpc) is 2.49. The van der Waals surface area contributed by atoms with Gasteiger partial charge in [-0.2, -0.15) is 0 Å². The topological polar surface area (TPSA) is 58.0 Å². The average molecular weight is 306 g/mol. The highest BCUT2D eigenvalue weighted by Crippen LogP contribution is 2.23. The highest BCUT2D eigenvalue weighted by atomic mass is 35.5. The van der Waals surface area contributed by atoms with Crippen molar-refractivity contribution in [2.45, 2.75) is 39.8 Å². The number of rotatable bonds is 5. The number of aromatic nitrogens is 2. The minimum atomic E-state index is 0.0616. The Balaban J connectivity index is 2.15. The number of anilines is 1. The summed E-state index contributed by atoms with van der Waals surface area (Å²) in [5.41, 5.74) is 2.88. The molecule has 2 aromatic rings. The van der Waals surface area contributed by atoms with E-state index in [2.05, 4.69) is 15.3 Å². The number of hydrogen-bond donors (Lipinski definition) is 2. The number of aliphatic hydroxyl groups excluding tert-OH is 1. The lowest BCUT2D eigenvalue weighted by molar-refractivity contribution is 0.282. The first-order valence-electron chi connectivity index (χ1n) is 6.98. The molecule has 0 amide bonds. The minimum Gasteiger partial charge on any atom is -0.392 e. The largest absolute Gasteiger partial charge is 0.392 e. The molecule has 0 saturated heterocycles. The summed E-state index contributed by atoms with van der Waals surface area (Å²) in [7, 11) is 0. The molecule has 1 aromatic carbocycles. The molecule has 1 heterocycles. The van der Waals surface area contributed by atoms with Crippen molar-refractivity contribution < 1.29 is 5.11 Å². The molecule has 0 radical (unpaired) electrons. The van der Waals surface area contributed by atoms with E-state index in [-0.39, 0.29) is 12.5 Å². The van der Waals surface area contributed by atoms with Crippen molar-refractivity contribution >= 4 is 17.4 Å². The minimum absolute atomic E-state index is 0.0616. The molecule has 0 aliphatic heterocycles. The SMILES string of the molecule is Cc1c(Cl)nc(C(C)C)nc1NCc1ccc(CO)cc1. The molecule has 1 aromatic heterocycles. The second-order valence-corrected chi connectivity index (χ2v) is 5.69. The van der Waals surface area contributed by atoms with E-state index in [1.54, 1.807) is 0 Å². The maximum atomic E-state index is 9.04. The van der Waals surface area contributed by atoms with Crippen molar-refractivity contribution in [3.05, 3.63) is 51.9 Å². The number of hydrogen-bond acceptors (Lipinski definition) is 4. The Labute approximate surface area is 130 Å². The van der Waals surface area contributed by atoms with Gasteiger partial charge in [0, 0.05) is 18.0 Å². The lowest BCUT2D eigenvalue weighted by atomic mass is 10.1. The van der Waals surface area contributed by atoms with Gasteiger partial charge in [0.1, 0.15) is 16.8 Å². The zero-order valence-corrected chi connectivity index (χ0v) is 13.3. The van der Waals surface area contributed by atoms with Gasteiger partial charge in [0.05, 0.1) is 6.61 Å². The Morgan fingerprint density at radius 2 is 1.76 bits per heavy atom. The third-order valence-corrected chi connectivity index (χ3v) is 3.65. The summed E-state index contributed by atoms with van der Waals surface area (Å²) in [6.45, 7) is 6.70. The molecular weight excluding hydrogens is 286 g/mol. The fraction of sp³-hybridized carbons (Fsp3) is 0.375. The summed E-state index contributed by atoms with van der Waals surface area (Å²) in [5, 5.41) is 12.8. The van der Waals surface area contributed by atoms with Gasteiger partial charge in [-0.25, -0.2) is 9.97 Å². The summed E-state index contributed by atoms with van der Waals surface area (Å²) in [4.78, 5) is 8.83. The molecule has 0 aliphatic rings. The number of nitrogens with zero attached hydrogens (tertiary/aromatic N) is 2. The summed E-state index contributed by atoms with van der Waals surface area (Å²) in [6, 6.07) is 7.80. The molecule has 0 fully saturated rings. The van der Waals surface area contributed by atoms with Crippen LogP contribution in [0.3, 0.4) is 0 Å². The van der Waals surface area contributed by atoms with Crippen LogP contribution in [-0.2, 0) is 13.2 Å². The van der Waals surface area contributed by atoms with Gasteiger partial charge in [0.15, 0.2) is 0 Å². The zero-order valence-electron chi connectivity index (χ0n) is 12.5. The molecule has 112 valence electrons. The van der Waals surface area contributed by atoms with Crippen molar-refractivity contribution in [1.29, 1.82) is 0 Å². The fourth-order valence-electron chi connectivity index (χ4n) is 1.88. The lowest BCUT2D eigenvalue weighted by Gasteiger charge is -2.13. The van der Waals surface area contributed by atoms with Crippen LogP contribution < -0.4 is 5.32 Å². The van der Waals surface area contributed by atoms with Gasteiger partial charge in [-0.1, -0.05) is 49.7 Å². The van der Waals surface area contributed by atoms with Crippen molar-refractivity contribution in [3.63, 3.8) is 0 Å². The van der Waals surface area contributed by atoms with Gasteiger partial charge >= 0.3 is 0 Å². The van der Waals surface area contributed by atoms with Crippen LogP contribution >= 0.6 is 11.6 Å². The van der Waals surface area contributed by atoms with E-state index in [9.17, 15) is 0 Å². The van der Waals surface area contributed by atoms with E-state index in [1.807, 2.05) is 45.0 Å². The molecular formula is C16H20ClN3O. The third-order valence-electron chi connectivity index (χ3n) is 3.29. The molecule has 0 unspecified atom stereocenters. The Bertz CT molecular complexity index is 612. The van der Waals surface area contributed by atoms with Crippen molar-refractivity contribution in [2.75, 3.05) is 5.32 Å². The Hall–Kier alpha value is -1.65. The van der Waals surface area contributed by atoms with Crippen LogP contribution in [0, 0.1) is 6.92 Å². The first kappa shape index (κ1) is 15.7.